The highest BCUT2D eigenvalue weighted by Gasteiger charge is 2.37. The van der Waals surface area contributed by atoms with Gasteiger partial charge in [0.15, 0.2) is 0 Å². The molecular weight excluding hydrogens is 191 g/mol. The summed E-state index contributed by atoms with van der Waals surface area (Å²) >= 11 is 0. The summed E-state index contributed by atoms with van der Waals surface area (Å²) in [5.41, 5.74) is 0. The molecule has 0 rings (SSSR count). The Kier molecular flexibility index (Phi) is 3.96. The highest BCUT2D eigenvalue weighted by molar-refractivity contribution is 5.82. The number of carbonyl (C=O) groups is 2. The van der Waals surface area contributed by atoms with Crippen LogP contribution in [-0.4, -0.2) is 29.7 Å². The van der Waals surface area contributed by atoms with Crippen molar-refractivity contribution in [1.82, 2.24) is 5.32 Å². The maximum atomic E-state index is 11.5. The molecule has 0 aromatic rings. The summed E-state index contributed by atoms with van der Waals surface area (Å²) in [5.74, 6) is -3.39. The van der Waals surface area contributed by atoms with Crippen molar-refractivity contribution in [3.05, 3.63) is 12.2 Å². The van der Waals surface area contributed by atoms with E-state index in [1.54, 1.807) is 0 Å². The predicted octanol–water partition coefficient (Wildman–Crippen LogP) is 0.306. The van der Waals surface area contributed by atoms with Crippen LogP contribution in [0.25, 0.3) is 0 Å². The molecule has 0 atom stereocenters. The third kappa shape index (κ3) is 5.71. The van der Waals surface area contributed by atoms with Crippen molar-refractivity contribution in [3.8, 4) is 0 Å². The van der Waals surface area contributed by atoms with Gasteiger partial charge >= 0.3 is 18.1 Å². The van der Waals surface area contributed by atoms with E-state index < -0.39 is 24.6 Å². The molecule has 74 valence electrons. The van der Waals surface area contributed by atoms with Crippen LogP contribution in [0.2, 0.25) is 0 Å². The van der Waals surface area contributed by atoms with Crippen LogP contribution in [0.3, 0.4) is 0 Å². The number of nitrogens with one attached hydrogen (secondary N) is 1. The Balaban J connectivity index is 3.79. The number of carboxylic acids is 1. The van der Waals surface area contributed by atoms with Crippen LogP contribution < -0.4 is 5.32 Å². The standard InChI is InChI=1S/C6H6F3NO3/c7-6(8,9)5(13)10-3-1-2-4(11)12/h1-2H,3H2,(H,10,13)(H,11,12)/b2-1+. The second-order valence-electron chi connectivity index (χ2n) is 1.95. The van der Waals surface area contributed by atoms with Gasteiger partial charge in [-0.2, -0.15) is 13.2 Å². The smallest absolute Gasteiger partial charge is 0.471 e. The Hall–Kier alpha value is -1.53. The molecule has 1 amide bonds. The van der Waals surface area contributed by atoms with E-state index in [0.29, 0.717) is 6.08 Å². The molecule has 0 fully saturated rings. The molecule has 2 N–H and O–H groups in total. The number of hydrogen-bond acceptors (Lipinski definition) is 2. The van der Waals surface area contributed by atoms with Crippen LogP contribution in [0.5, 0.6) is 0 Å². The summed E-state index contributed by atoms with van der Waals surface area (Å²) in [6, 6.07) is 0. The maximum Gasteiger partial charge on any atom is 0.471 e. The molecule has 0 saturated heterocycles. The van der Waals surface area contributed by atoms with Gasteiger partial charge in [0.25, 0.3) is 0 Å². The lowest BCUT2D eigenvalue weighted by molar-refractivity contribution is -0.173. The van der Waals surface area contributed by atoms with Crippen molar-refractivity contribution in [2.24, 2.45) is 0 Å². The first-order chi connectivity index (χ1) is 5.84. The van der Waals surface area contributed by atoms with E-state index in [2.05, 4.69) is 0 Å². The topological polar surface area (TPSA) is 66.4 Å². The summed E-state index contributed by atoms with van der Waals surface area (Å²) in [5, 5.41) is 9.48. The van der Waals surface area contributed by atoms with Crippen LogP contribution in [0.1, 0.15) is 0 Å². The zero-order valence-electron chi connectivity index (χ0n) is 6.26. The molecule has 0 aliphatic carbocycles. The number of rotatable bonds is 3. The van der Waals surface area contributed by atoms with Gasteiger partial charge < -0.3 is 10.4 Å². The second-order valence-corrected chi connectivity index (χ2v) is 1.95. The monoisotopic (exact) mass is 197 g/mol. The number of hydrogen-bond donors (Lipinski definition) is 2. The van der Waals surface area contributed by atoms with E-state index in [-0.39, 0.29) is 0 Å². The molecular formula is C6H6F3NO3. The summed E-state index contributed by atoms with van der Waals surface area (Å²) in [7, 11) is 0. The van der Waals surface area contributed by atoms with Crippen LogP contribution in [0.4, 0.5) is 13.2 Å². The summed E-state index contributed by atoms with van der Waals surface area (Å²) in [6.45, 7) is -0.468. The lowest BCUT2D eigenvalue weighted by atomic mass is 10.4. The van der Waals surface area contributed by atoms with E-state index in [1.807, 2.05) is 0 Å². The number of amides is 1. The van der Waals surface area contributed by atoms with Crippen molar-refractivity contribution >= 4 is 11.9 Å². The SMILES string of the molecule is O=C(O)/C=C/CNC(=O)C(F)(F)F. The van der Waals surface area contributed by atoms with E-state index >= 15 is 0 Å². The Morgan fingerprint density at radius 2 is 1.92 bits per heavy atom. The quantitative estimate of drug-likeness (QED) is 0.639. The third-order valence-electron chi connectivity index (χ3n) is 0.898. The molecule has 7 heteroatoms. The number of carboxylic acid groups (broad SMARTS) is 1. The van der Waals surface area contributed by atoms with Gasteiger partial charge in [0, 0.05) is 12.6 Å². The molecule has 0 heterocycles. The van der Waals surface area contributed by atoms with Crippen molar-refractivity contribution in [2.45, 2.75) is 6.18 Å². The average molecular weight is 197 g/mol. The average Bonchev–Trinajstić information content (AvgIpc) is 1.95. The zero-order chi connectivity index (χ0) is 10.5. The minimum atomic E-state index is -4.93. The van der Waals surface area contributed by atoms with E-state index in [4.69, 9.17) is 5.11 Å². The van der Waals surface area contributed by atoms with Crippen LogP contribution in [-0.2, 0) is 9.59 Å². The van der Waals surface area contributed by atoms with Gasteiger partial charge in [-0.1, -0.05) is 6.08 Å². The maximum absolute atomic E-state index is 11.5. The highest BCUT2D eigenvalue weighted by Crippen LogP contribution is 2.13. The van der Waals surface area contributed by atoms with E-state index in [9.17, 15) is 22.8 Å². The Labute approximate surface area is 71.0 Å². The fourth-order valence-electron chi connectivity index (χ4n) is 0.412. The number of aliphatic carboxylic acids is 1. The second kappa shape index (κ2) is 4.48. The Morgan fingerprint density at radius 1 is 1.38 bits per heavy atom. The minimum Gasteiger partial charge on any atom is -0.478 e. The zero-order valence-corrected chi connectivity index (χ0v) is 6.26. The van der Waals surface area contributed by atoms with E-state index in [0.717, 1.165) is 6.08 Å². The highest BCUT2D eigenvalue weighted by atomic mass is 19.4. The van der Waals surface area contributed by atoms with Gasteiger partial charge in [-0.05, 0) is 0 Å². The number of carbonyl (C=O) groups excluding carboxylic acids is 1. The van der Waals surface area contributed by atoms with Gasteiger partial charge in [-0.3, -0.25) is 4.79 Å². The molecule has 0 aromatic carbocycles. The summed E-state index contributed by atoms with van der Waals surface area (Å²) in [6.07, 6.45) is -3.40. The molecule has 0 aromatic heterocycles. The van der Waals surface area contributed by atoms with Crippen LogP contribution in [0, 0.1) is 0 Å². The van der Waals surface area contributed by atoms with Gasteiger partial charge in [0.05, 0.1) is 0 Å². The lowest BCUT2D eigenvalue weighted by Crippen LogP contribution is -2.36. The molecule has 0 spiro atoms. The summed E-state index contributed by atoms with van der Waals surface area (Å²) < 4.78 is 34.4. The minimum absolute atomic E-state index is 0.468. The third-order valence-corrected chi connectivity index (χ3v) is 0.898. The van der Waals surface area contributed by atoms with Crippen LogP contribution in [0.15, 0.2) is 12.2 Å². The number of halogens is 3. The number of alkyl halides is 3. The first-order valence-corrected chi connectivity index (χ1v) is 3.08. The van der Waals surface area contributed by atoms with E-state index in [1.165, 1.54) is 5.32 Å². The first kappa shape index (κ1) is 11.5. The molecule has 0 radical (unpaired) electrons. The molecule has 0 aliphatic rings. The lowest BCUT2D eigenvalue weighted by Gasteiger charge is -2.04. The molecule has 13 heavy (non-hydrogen) atoms. The van der Waals surface area contributed by atoms with Gasteiger partial charge in [0.2, 0.25) is 0 Å². The van der Waals surface area contributed by atoms with Crippen molar-refractivity contribution in [2.75, 3.05) is 6.54 Å². The molecule has 0 saturated carbocycles. The fourth-order valence-corrected chi connectivity index (χ4v) is 0.412. The normalized spacial score (nSPS) is 11.6. The molecule has 4 nitrogen and oxygen atoms in total. The Bertz CT molecular complexity index is 234. The molecule has 0 unspecified atom stereocenters. The first-order valence-electron chi connectivity index (χ1n) is 3.08. The summed E-state index contributed by atoms with van der Waals surface area (Å²) in [4.78, 5) is 19.9. The van der Waals surface area contributed by atoms with Gasteiger partial charge in [-0.25, -0.2) is 4.79 Å². The predicted molar refractivity (Wildman–Crippen MR) is 35.8 cm³/mol. The van der Waals surface area contributed by atoms with Gasteiger partial charge in [-0.15, -0.1) is 0 Å². The Morgan fingerprint density at radius 3 is 2.31 bits per heavy atom. The molecule has 0 aliphatic heterocycles. The van der Waals surface area contributed by atoms with Crippen molar-refractivity contribution in [1.29, 1.82) is 0 Å². The van der Waals surface area contributed by atoms with Crippen LogP contribution >= 0.6 is 0 Å². The van der Waals surface area contributed by atoms with Crippen molar-refractivity contribution < 1.29 is 27.9 Å². The fraction of sp³-hybridized carbons (Fsp3) is 0.333. The molecule has 0 bridgehead atoms. The largest absolute Gasteiger partial charge is 0.478 e. The van der Waals surface area contributed by atoms with Crippen molar-refractivity contribution in [3.63, 3.8) is 0 Å². The van der Waals surface area contributed by atoms with Gasteiger partial charge in [0.1, 0.15) is 0 Å².